The van der Waals surface area contributed by atoms with Gasteiger partial charge in [-0.3, -0.25) is 9.59 Å². The van der Waals surface area contributed by atoms with Crippen molar-refractivity contribution in [1.29, 1.82) is 0 Å². The highest BCUT2D eigenvalue weighted by molar-refractivity contribution is 6.01. The van der Waals surface area contributed by atoms with Gasteiger partial charge in [0.1, 0.15) is 5.82 Å². The molecule has 0 radical (unpaired) electrons. The Morgan fingerprint density at radius 3 is 2.60 bits per heavy atom. The van der Waals surface area contributed by atoms with E-state index in [1.54, 1.807) is 13.1 Å². The minimum absolute atomic E-state index is 0.145. The molecule has 5 heteroatoms. The Labute approximate surface area is 116 Å². The smallest absolute Gasteiger partial charge is 0.314 e. The Hall–Kier alpha value is -1.91. The highest BCUT2D eigenvalue weighted by atomic mass is 19.1. The van der Waals surface area contributed by atoms with Crippen molar-refractivity contribution in [3.05, 3.63) is 29.1 Å². The van der Waals surface area contributed by atoms with Crippen LogP contribution in [0.1, 0.15) is 36.8 Å². The van der Waals surface area contributed by atoms with Crippen molar-refractivity contribution < 1.29 is 19.1 Å². The van der Waals surface area contributed by atoms with Gasteiger partial charge in [0, 0.05) is 7.05 Å². The van der Waals surface area contributed by atoms with Gasteiger partial charge in [-0.05, 0) is 30.0 Å². The molecule has 0 atom stereocenters. The molecule has 1 heterocycles. The lowest BCUT2D eigenvalue weighted by Gasteiger charge is -2.25. The van der Waals surface area contributed by atoms with E-state index in [1.165, 1.54) is 11.0 Å². The molecule has 1 aliphatic heterocycles. The summed E-state index contributed by atoms with van der Waals surface area (Å²) in [4.78, 5) is 24.6. The maximum atomic E-state index is 14.3. The number of carboxylic acids is 1. The molecule has 4 nitrogen and oxygen atoms in total. The number of carbonyl (C=O) groups excluding carboxylic acids is 1. The highest BCUT2D eigenvalue weighted by Gasteiger charge is 2.44. The summed E-state index contributed by atoms with van der Waals surface area (Å²) in [6.45, 7) is 0. The third kappa shape index (κ3) is 1.65. The third-order valence-corrected chi connectivity index (χ3v) is 4.61. The van der Waals surface area contributed by atoms with E-state index in [2.05, 4.69) is 0 Å². The van der Waals surface area contributed by atoms with E-state index in [0.717, 1.165) is 12.8 Å². The number of carboxylic acid groups (broad SMARTS) is 1. The lowest BCUT2D eigenvalue weighted by atomic mass is 9.78. The van der Waals surface area contributed by atoms with E-state index in [4.69, 9.17) is 0 Å². The SMILES string of the molecule is CN1C(=O)Cc2cc(C3(C(=O)O)CCCC3)cc(F)c21. The highest BCUT2D eigenvalue weighted by Crippen LogP contribution is 2.44. The zero-order chi connectivity index (χ0) is 14.5. The standard InChI is InChI=1S/C15H16FNO3/c1-17-12(18)7-9-6-10(8-11(16)13(9)17)15(14(19)20)4-2-3-5-15/h6,8H,2-5,7H2,1H3,(H,19,20). The number of benzene rings is 1. The predicted molar refractivity (Wildman–Crippen MR) is 71.3 cm³/mol. The molecule has 1 N–H and O–H groups in total. The van der Waals surface area contributed by atoms with Crippen molar-refractivity contribution >= 4 is 17.6 Å². The lowest BCUT2D eigenvalue weighted by molar-refractivity contribution is -0.143. The average Bonchev–Trinajstić information content (AvgIpc) is 2.97. The molecule has 20 heavy (non-hydrogen) atoms. The summed E-state index contributed by atoms with van der Waals surface area (Å²) in [6, 6.07) is 3.01. The van der Waals surface area contributed by atoms with E-state index in [-0.39, 0.29) is 18.0 Å². The van der Waals surface area contributed by atoms with E-state index < -0.39 is 17.2 Å². The van der Waals surface area contributed by atoms with Crippen LogP contribution in [0.3, 0.4) is 0 Å². The Morgan fingerprint density at radius 2 is 2.00 bits per heavy atom. The molecule has 0 unspecified atom stereocenters. The number of hydrogen-bond donors (Lipinski definition) is 1. The first-order chi connectivity index (χ1) is 9.45. The number of hydrogen-bond acceptors (Lipinski definition) is 2. The van der Waals surface area contributed by atoms with Crippen LogP contribution in [0, 0.1) is 5.82 Å². The average molecular weight is 277 g/mol. The minimum Gasteiger partial charge on any atom is -0.481 e. The van der Waals surface area contributed by atoms with Crippen molar-refractivity contribution in [3.8, 4) is 0 Å². The summed E-state index contributed by atoms with van der Waals surface area (Å²) in [5.74, 6) is -1.56. The third-order valence-electron chi connectivity index (χ3n) is 4.61. The summed E-state index contributed by atoms with van der Waals surface area (Å²) < 4.78 is 14.3. The number of halogens is 1. The molecule has 106 valence electrons. The molecule has 2 aliphatic rings. The Bertz CT molecular complexity index is 605. The maximum absolute atomic E-state index is 14.3. The Morgan fingerprint density at radius 1 is 1.35 bits per heavy atom. The molecule has 0 aromatic heterocycles. The number of likely N-dealkylation sites (N-methyl/N-ethyl adjacent to an activating group) is 1. The van der Waals surface area contributed by atoms with Crippen LogP contribution in [0.5, 0.6) is 0 Å². The number of amides is 1. The van der Waals surface area contributed by atoms with Gasteiger partial charge in [-0.25, -0.2) is 4.39 Å². The quantitative estimate of drug-likeness (QED) is 0.902. The second kappa shape index (κ2) is 4.30. The van der Waals surface area contributed by atoms with Crippen molar-refractivity contribution in [2.75, 3.05) is 11.9 Å². The lowest BCUT2D eigenvalue weighted by Crippen LogP contribution is -2.32. The van der Waals surface area contributed by atoms with Crippen LogP contribution < -0.4 is 4.90 Å². The van der Waals surface area contributed by atoms with Crippen LogP contribution in [0.2, 0.25) is 0 Å². The fraction of sp³-hybridized carbons (Fsp3) is 0.467. The van der Waals surface area contributed by atoms with Gasteiger partial charge in [0.2, 0.25) is 5.91 Å². The number of aliphatic carboxylic acids is 1. The van der Waals surface area contributed by atoms with Crippen LogP contribution in [0.4, 0.5) is 10.1 Å². The zero-order valence-corrected chi connectivity index (χ0v) is 11.3. The Balaban J connectivity index is 2.13. The van der Waals surface area contributed by atoms with Gasteiger partial charge < -0.3 is 10.0 Å². The van der Waals surface area contributed by atoms with Gasteiger partial charge in [-0.1, -0.05) is 18.9 Å². The van der Waals surface area contributed by atoms with Gasteiger partial charge in [0.25, 0.3) is 0 Å². The molecule has 1 aromatic carbocycles. The van der Waals surface area contributed by atoms with Gasteiger partial charge in [0.15, 0.2) is 0 Å². The van der Waals surface area contributed by atoms with Crippen LogP contribution in [-0.2, 0) is 21.4 Å². The fourth-order valence-electron chi connectivity index (χ4n) is 3.45. The number of rotatable bonds is 2. The first-order valence-electron chi connectivity index (χ1n) is 6.78. The number of anilines is 1. The largest absolute Gasteiger partial charge is 0.481 e. The number of nitrogens with zero attached hydrogens (tertiary/aromatic N) is 1. The molecule has 1 aliphatic carbocycles. The molecule has 1 amide bonds. The normalized spacial score (nSPS) is 20.3. The van der Waals surface area contributed by atoms with Crippen molar-refractivity contribution in [2.24, 2.45) is 0 Å². The molecule has 0 spiro atoms. The van der Waals surface area contributed by atoms with Crippen molar-refractivity contribution in [3.63, 3.8) is 0 Å². The number of carbonyl (C=O) groups is 2. The van der Waals surface area contributed by atoms with E-state index in [9.17, 15) is 19.1 Å². The molecule has 0 saturated heterocycles. The van der Waals surface area contributed by atoms with Gasteiger partial charge in [-0.2, -0.15) is 0 Å². The molecule has 1 saturated carbocycles. The van der Waals surface area contributed by atoms with Crippen LogP contribution in [0.25, 0.3) is 0 Å². The van der Waals surface area contributed by atoms with Crippen molar-refractivity contribution in [2.45, 2.75) is 37.5 Å². The molecular weight excluding hydrogens is 261 g/mol. The van der Waals surface area contributed by atoms with Crippen LogP contribution in [0.15, 0.2) is 12.1 Å². The molecule has 1 aromatic rings. The summed E-state index contributed by atoms with van der Waals surface area (Å²) in [5.41, 5.74) is 0.402. The van der Waals surface area contributed by atoms with E-state index >= 15 is 0 Å². The topological polar surface area (TPSA) is 57.6 Å². The second-order valence-electron chi connectivity index (χ2n) is 5.69. The summed E-state index contributed by atoms with van der Waals surface area (Å²) >= 11 is 0. The second-order valence-corrected chi connectivity index (χ2v) is 5.69. The van der Waals surface area contributed by atoms with Gasteiger partial charge >= 0.3 is 5.97 Å². The summed E-state index contributed by atoms with van der Waals surface area (Å²) in [6.07, 6.45) is 2.88. The fourth-order valence-corrected chi connectivity index (χ4v) is 3.45. The molecular formula is C15H16FNO3. The van der Waals surface area contributed by atoms with Crippen molar-refractivity contribution in [1.82, 2.24) is 0 Å². The first-order valence-corrected chi connectivity index (χ1v) is 6.78. The number of fused-ring (bicyclic) bond motifs is 1. The zero-order valence-electron chi connectivity index (χ0n) is 11.3. The molecule has 1 fully saturated rings. The summed E-state index contributed by atoms with van der Waals surface area (Å²) in [7, 11) is 1.54. The minimum atomic E-state index is -0.986. The molecule has 3 rings (SSSR count). The van der Waals surface area contributed by atoms with E-state index in [1.807, 2.05) is 0 Å². The first kappa shape index (κ1) is 13.1. The van der Waals surface area contributed by atoms with E-state index in [0.29, 0.717) is 24.0 Å². The predicted octanol–water partition coefficient (Wildman–Crippen LogP) is 2.24. The molecule has 0 bridgehead atoms. The van der Waals surface area contributed by atoms with Gasteiger partial charge in [-0.15, -0.1) is 0 Å². The monoisotopic (exact) mass is 277 g/mol. The maximum Gasteiger partial charge on any atom is 0.314 e. The van der Waals surface area contributed by atoms with Gasteiger partial charge in [0.05, 0.1) is 17.5 Å². The van der Waals surface area contributed by atoms with Crippen LogP contribution in [-0.4, -0.2) is 24.0 Å². The Kier molecular flexibility index (Phi) is 2.81. The van der Waals surface area contributed by atoms with Crippen LogP contribution >= 0.6 is 0 Å². The summed E-state index contributed by atoms with van der Waals surface area (Å²) in [5, 5.41) is 9.56.